The van der Waals surface area contributed by atoms with E-state index in [1.165, 1.54) is 6.08 Å². The maximum atomic E-state index is 11.4. The van der Waals surface area contributed by atoms with Gasteiger partial charge < -0.3 is 15.2 Å². The van der Waals surface area contributed by atoms with Crippen molar-refractivity contribution in [1.82, 2.24) is 9.97 Å². The minimum Gasteiger partial charge on any atom is -0.493 e. The summed E-state index contributed by atoms with van der Waals surface area (Å²) in [4.78, 5) is 21.7. The molecule has 0 unspecified atom stereocenters. The number of aromatic nitrogens is 2. The first-order chi connectivity index (χ1) is 15.1. The van der Waals surface area contributed by atoms with Crippen molar-refractivity contribution in [3.05, 3.63) is 84.3 Å². The van der Waals surface area contributed by atoms with E-state index < -0.39 is 0 Å². The number of amides is 1. The highest BCUT2D eigenvalue weighted by atomic mass is 32.2. The number of ether oxygens (including phenoxy) is 1. The highest BCUT2D eigenvalue weighted by molar-refractivity contribution is 7.99. The molecular weight excluding hydrogens is 410 g/mol. The van der Waals surface area contributed by atoms with Crippen molar-refractivity contribution in [1.29, 1.82) is 0 Å². The van der Waals surface area contributed by atoms with Gasteiger partial charge >= 0.3 is 0 Å². The zero-order chi connectivity index (χ0) is 22.1. The van der Waals surface area contributed by atoms with E-state index in [4.69, 9.17) is 14.8 Å². The molecule has 0 radical (unpaired) electrons. The molecule has 0 bridgehead atoms. The molecule has 2 N–H and O–H groups in total. The van der Waals surface area contributed by atoms with Gasteiger partial charge in [-0.25, -0.2) is 9.97 Å². The van der Waals surface area contributed by atoms with Crippen LogP contribution in [-0.4, -0.2) is 34.2 Å². The molecule has 3 aromatic rings. The largest absolute Gasteiger partial charge is 0.493 e. The quantitative estimate of drug-likeness (QED) is 0.279. The fraction of sp³-hybridized carbons (Fsp3) is 0.208. The maximum Gasteiger partial charge on any atom is 0.247 e. The van der Waals surface area contributed by atoms with Gasteiger partial charge in [0, 0.05) is 36.2 Å². The molecule has 1 amide bonds. The van der Waals surface area contributed by atoms with Crippen LogP contribution in [0.2, 0.25) is 0 Å². The molecule has 0 saturated heterocycles. The van der Waals surface area contributed by atoms with Crippen molar-refractivity contribution in [3.63, 3.8) is 0 Å². The summed E-state index contributed by atoms with van der Waals surface area (Å²) in [6, 6.07) is 15.4. The van der Waals surface area contributed by atoms with Gasteiger partial charge in [0.05, 0.1) is 6.61 Å². The third-order valence-electron chi connectivity index (χ3n) is 4.33. The molecule has 7 heteroatoms. The first-order valence-electron chi connectivity index (χ1n) is 9.94. The highest BCUT2D eigenvalue weighted by Crippen LogP contribution is 2.29. The first-order valence-corrected chi connectivity index (χ1v) is 10.8. The summed E-state index contributed by atoms with van der Waals surface area (Å²) < 4.78 is 5.65. The summed E-state index contributed by atoms with van der Waals surface area (Å²) in [6.07, 6.45) is 4.28. The van der Waals surface area contributed by atoms with Gasteiger partial charge in [-0.1, -0.05) is 30.5 Å². The van der Waals surface area contributed by atoms with Crippen molar-refractivity contribution in [3.8, 4) is 5.75 Å². The van der Waals surface area contributed by atoms with Gasteiger partial charge in [0.1, 0.15) is 16.6 Å². The number of rotatable bonds is 10. The molecule has 1 heterocycles. The van der Waals surface area contributed by atoms with Crippen molar-refractivity contribution >= 4 is 23.4 Å². The summed E-state index contributed by atoms with van der Waals surface area (Å²) in [6.45, 7) is 6.04. The number of hydrogen-bond donors (Lipinski definition) is 2. The summed E-state index contributed by atoms with van der Waals surface area (Å²) in [7, 11) is 0. The molecule has 0 aliphatic rings. The Kier molecular flexibility index (Phi) is 8.20. The van der Waals surface area contributed by atoms with Crippen molar-refractivity contribution < 1.29 is 14.6 Å². The van der Waals surface area contributed by atoms with Crippen LogP contribution in [0.15, 0.2) is 77.3 Å². The smallest absolute Gasteiger partial charge is 0.247 e. The number of anilines is 1. The molecule has 2 aromatic carbocycles. The lowest BCUT2D eigenvalue weighted by molar-refractivity contribution is -0.111. The Bertz CT molecular complexity index is 1040. The van der Waals surface area contributed by atoms with Crippen LogP contribution in [0.4, 0.5) is 5.69 Å². The molecule has 3 rings (SSSR count). The van der Waals surface area contributed by atoms with Crippen LogP contribution in [0.5, 0.6) is 5.75 Å². The third kappa shape index (κ3) is 6.94. The van der Waals surface area contributed by atoms with E-state index >= 15 is 0 Å². The van der Waals surface area contributed by atoms with Gasteiger partial charge in [0.15, 0.2) is 0 Å². The van der Waals surface area contributed by atoms with Gasteiger partial charge in [0.2, 0.25) is 5.91 Å². The van der Waals surface area contributed by atoms with Crippen LogP contribution in [0, 0.1) is 6.92 Å². The van der Waals surface area contributed by atoms with E-state index in [1.807, 2.05) is 61.7 Å². The third-order valence-corrected chi connectivity index (χ3v) is 5.44. The first kappa shape index (κ1) is 22.5. The number of carbonyl (C=O) groups excluding carboxylic acids is 1. The molecule has 0 spiro atoms. The molecule has 0 saturated carbocycles. The number of benzene rings is 2. The van der Waals surface area contributed by atoms with E-state index in [9.17, 15) is 4.79 Å². The van der Waals surface area contributed by atoms with Gasteiger partial charge in [-0.2, -0.15) is 0 Å². The zero-order valence-electron chi connectivity index (χ0n) is 17.4. The number of hydrogen-bond acceptors (Lipinski definition) is 6. The number of aliphatic hydroxyl groups is 1. The monoisotopic (exact) mass is 435 g/mol. The predicted molar refractivity (Wildman–Crippen MR) is 123 cm³/mol. The number of aliphatic hydroxyl groups excluding tert-OH is 1. The number of carbonyl (C=O) groups is 1. The Morgan fingerprint density at radius 3 is 2.81 bits per heavy atom. The number of nitrogens with zero attached hydrogens (tertiary/aromatic N) is 2. The second-order valence-electron chi connectivity index (χ2n) is 6.84. The second kappa shape index (κ2) is 11.3. The summed E-state index contributed by atoms with van der Waals surface area (Å²) in [5.41, 5.74) is 2.78. The second-order valence-corrected chi connectivity index (χ2v) is 7.91. The van der Waals surface area contributed by atoms with Crippen LogP contribution >= 0.6 is 11.8 Å². The minimum atomic E-state index is -0.237. The van der Waals surface area contributed by atoms with Gasteiger partial charge in [-0.3, -0.25) is 4.79 Å². The predicted octanol–water partition coefficient (Wildman–Crippen LogP) is 4.41. The normalized spacial score (nSPS) is 10.5. The summed E-state index contributed by atoms with van der Waals surface area (Å²) in [5, 5.41) is 12.5. The number of nitrogens with one attached hydrogen (secondary N) is 1. The molecular formula is C24H25N3O3S. The molecule has 0 fully saturated rings. The van der Waals surface area contributed by atoms with Crippen molar-refractivity contribution in [2.75, 3.05) is 18.5 Å². The molecule has 31 heavy (non-hydrogen) atoms. The Hall–Kier alpha value is -3.16. The Balaban J connectivity index is 1.68. The summed E-state index contributed by atoms with van der Waals surface area (Å²) >= 11 is 1.56. The van der Waals surface area contributed by atoms with Crippen LogP contribution in [0.25, 0.3) is 0 Å². The van der Waals surface area contributed by atoms with Gasteiger partial charge in [0.25, 0.3) is 0 Å². The average Bonchev–Trinajstić information content (AvgIpc) is 2.78. The molecule has 0 aliphatic heterocycles. The van der Waals surface area contributed by atoms with E-state index in [2.05, 4.69) is 16.9 Å². The Morgan fingerprint density at radius 2 is 2.06 bits per heavy atom. The van der Waals surface area contributed by atoms with Crippen molar-refractivity contribution in [2.24, 2.45) is 0 Å². The molecule has 0 aliphatic carbocycles. The average molecular weight is 436 g/mol. The minimum absolute atomic E-state index is 0.115. The number of aryl methyl sites for hydroxylation is 1. The Labute approximate surface area is 186 Å². The molecule has 0 atom stereocenters. The Morgan fingerprint density at radius 1 is 1.26 bits per heavy atom. The van der Waals surface area contributed by atoms with Gasteiger partial charge in [-0.05, 0) is 60.5 Å². The van der Waals surface area contributed by atoms with E-state index in [0.29, 0.717) is 19.4 Å². The lowest BCUT2D eigenvalue weighted by Gasteiger charge is -2.09. The maximum absolute atomic E-state index is 11.4. The lowest BCUT2D eigenvalue weighted by atomic mass is 10.1. The van der Waals surface area contributed by atoms with E-state index in [0.717, 1.165) is 38.3 Å². The highest BCUT2D eigenvalue weighted by Gasteiger charge is 2.08. The van der Waals surface area contributed by atoms with Gasteiger partial charge in [-0.15, -0.1) is 0 Å². The molecule has 6 nitrogen and oxygen atoms in total. The van der Waals surface area contributed by atoms with E-state index in [-0.39, 0.29) is 12.5 Å². The topological polar surface area (TPSA) is 84.3 Å². The summed E-state index contributed by atoms with van der Waals surface area (Å²) in [5.74, 6) is 1.27. The van der Waals surface area contributed by atoms with E-state index in [1.54, 1.807) is 11.8 Å². The molecule has 160 valence electrons. The zero-order valence-corrected chi connectivity index (χ0v) is 18.2. The molecule has 1 aromatic heterocycles. The lowest BCUT2D eigenvalue weighted by Crippen LogP contribution is -2.06. The van der Waals surface area contributed by atoms with Crippen LogP contribution in [0.1, 0.15) is 23.4 Å². The van der Waals surface area contributed by atoms with Crippen LogP contribution in [-0.2, 0) is 11.2 Å². The fourth-order valence-corrected chi connectivity index (χ4v) is 3.60. The van der Waals surface area contributed by atoms with Crippen molar-refractivity contribution in [2.45, 2.75) is 29.7 Å². The van der Waals surface area contributed by atoms with Crippen LogP contribution in [0.3, 0.4) is 0 Å². The van der Waals surface area contributed by atoms with Crippen LogP contribution < -0.4 is 10.1 Å². The standard InChI is InChI=1S/C24H25N3O3S/c1-3-23(29)26-19-8-10-21(11-9-19)31-24-17(2)16-25-22(27-24)15-18-6-4-7-20(14-18)30-13-5-12-28/h3-4,6-11,14,16,28H,1,5,12-13,15H2,2H3,(H,26,29). The fourth-order valence-electron chi connectivity index (χ4n) is 2.74. The SMILES string of the molecule is C=CC(=O)Nc1ccc(Sc2nc(Cc3cccc(OCCCO)c3)ncc2C)cc1.